The number of aromatic amines is 1. The van der Waals surface area contributed by atoms with Crippen molar-refractivity contribution in [3.8, 4) is 11.5 Å². The predicted molar refractivity (Wildman–Crippen MR) is 158 cm³/mol. The van der Waals surface area contributed by atoms with E-state index in [4.69, 9.17) is 36.1 Å². The molecular weight excluding hydrogens is 582 g/mol. The minimum Gasteiger partial charge on any atom is -0.497 e. The Balaban J connectivity index is 1.64. The van der Waals surface area contributed by atoms with Gasteiger partial charge in [-0.3, -0.25) is 14.6 Å². The van der Waals surface area contributed by atoms with Crippen LogP contribution in [0.5, 0.6) is 11.5 Å². The van der Waals surface area contributed by atoms with Crippen LogP contribution in [0.4, 0.5) is 10.5 Å². The van der Waals surface area contributed by atoms with E-state index in [0.29, 0.717) is 44.6 Å². The highest BCUT2D eigenvalue weighted by Crippen LogP contribution is 2.48. The van der Waals surface area contributed by atoms with Gasteiger partial charge in [0.15, 0.2) is 11.5 Å². The minimum absolute atomic E-state index is 0.0276. The summed E-state index contributed by atoms with van der Waals surface area (Å²) in [5.74, 6) is 4.35. The Morgan fingerprint density at radius 2 is 1.91 bits per heavy atom. The second kappa shape index (κ2) is 11.5. The molecule has 0 spiro atoms. The number of likely N-dealkylation sites (N-methyl/N-ethyl adjacent to an activating group) is 2. The average molecular weight is 612 g/mol. The normalized spacial score (nSPS) is 14.1. The number of hydrogen-bond donors (Lipinski definition) is 2. The average Bonchev–Trinajstić information content (AvgIpc) is 3.68. The monoisotopic (exact) mass is 611 g/mol. The number of hydrazine groups is 1. The van der Waals surface area contributed by atoms with Crippen LogP contribution in [-0.4, -0.2) is 86.1 Å². The first-order valence-electron chi connectivity index (χ1n) is 13.2. The number of nitrogens with one attached hydrogen (secondary N) is 1. The number of H-pyrrole nitrogens is 1. The molecule has 0 unspecified atom stereocenters. The van der Waals surface area contributed by atoms with E-state index in [-0.39, 0.29) is 42.0 Å². The van der Waals surface area contributed by atoms with E-state index in [1.807, 2.05) is 0 Å². The SMILES string of the molecule is COC(=O)c1c(C)[nH]c2c(OC(=O)N(C)CC(=O)N(C)N)cc3c(c12)[C@H](CCl)CN3C(=O)c1cc2cc(OC)ccc2o1. The van der Waals surface area contributed by atoms with Gasteiger partial charge < -0.3 is 33.4 Å². The van der Waals surface area contributed by atoms with E-state index in [0.717, 1.165) is 9.91 Å². The van der Waals surface area contributed by atoms with Crippen molar-refractivity contribution in [2.24, 2.45) is 5.84 Å². The number of hydrogen-bond acceptors (Lipinski definition) is 9. The highest BCUT2D eigenvalue weighted by Gasteiger charge is 2.39. The van der Waals surface area contributed by atoms with Crippen LogP contribution in [0, 0.1) is 6.92 Å². The number of nitrogens with zero attached hydrogens (tertiary/aromatic N) is 3. The molecule has 0 bridgehead atoms. The van der Waals surface area contributed by atoms with E-state index in [2.05, 4.69) is 4.98 Å². The smallest absolute Gasteiger partial charge is 0.415 e. The second-order valence-corrected chi connectivity index (χ2v) is 10.5. The zero-order valence-corrected chi connectivity index (χ0v) is 24.9. The molecule has 43 heavy (non-hydrogen) atoms. The van der Waals surface area contributed by atoms with Gasteiger partial charge in [-0.15, -0.1) is 11.6 Å². The number of rotatable bonds is 7. The first-order chi connectivity index (χ1) is 20.5. The molecule has 226 valence electrons. The van der Waals surface area contributed by atoms with Gasteiger partial charge >= 0.3 is 12.1 Å². The van der Waals surface area contributed by atoms with Crippen LogP contribution in [0.3, 0.4) is 0 Å². The number of furan rings is 1. The number of nitrogens with two attached hydrogens (primary N) is 1. The number of carbonyl (C=O) groups is 4. The van der Waals surface area contributed by atoms with Crippen LogP contribution in [0.15, 0.2) is 34.7 Å². The number of carbonyl (C=O) groups excluding carboxylic acids is 4. The van der Waals surface area contributed by atoms with Crippen LogP contribution in [0.25, 0.3) is 21.9 Å². The molecule has 1 aliphatic heterocycles. The topological polar surface area (TPSA) is 161 Å². The number of methoxy groups -OCH3 is 2. The summed E-state index contributed by atoms with van der Waals surface area (Å²) in [6.07, 6.45) is -0.862. The van der Waals surface area contributed by atoms with Crippen LogP contribution < -0.4 is 20.2 Å². The molecule has 0 saturated carbocycles. The van der Waals surface area contributed by atoms with Gasteiger partial charge in [0.1, 0.15) is 17.9 Å². The van der Waals surface area contributed by atoms with E-state index in [1.54, 1.807) is 38.3 Å². The molecule has 0 radical (unpaired) electrons. The van der Waals surface area contributed by atoms with E-state index in [1.165, 1.54) is 32.2 Å². The number of benzene rings is 2. The maximum atomic E-state index is 13.9. The molecule has 0 saturated heterocycles. The summed E-state index contributed by atoms with van der Waals surface area (Å²) in [7, 11) is 5.54. The van der Waals surface area contributed by atoms with Gasteiger partial charge in [0, 0.05) is 55.0 Å². The Morgan fingerprint density at radius 3 is 2.56 bits per heavy atom. The molecule has 5 rings (SSSR count). The molecule has 1 atom stereocenters. The molecule has 3 amide bonds. The van der Waals surface area contributed by atoms with Crippen molar-refractivity contribution in [2.45, 2.75) is 12.8 Å². The molecule has 14 heteroatoms. The molecule has 3 heterocycles. The van der Waals surface area contributed by atoms with Gasteiger partial charge in [0.2, 0.25) is 0 Å². The first-order valence-corrected chi connectivity index (χ1v) is 13.7. The van der Waals surface area contributed by atoms with Crippen molar-refractivity contribution >= 4 is 63.0 Å². The van der Waals surface area contributed by atoms with Crippen molar-refractivity contribution in [1.29, 1.82) is 0 Å². The third-order valence-electron chi connectivity index (χ3n) is 7.38. The summed E-state index contributed by atoms with van der Waals surface area (Å²) in [6, 6.07) is 8.35. The number of aromatic nitrogens is 1. The number of alkyl halides is 1. The van der Waals surface area contributed by atoms with Gasteiger partial charge in [0.25, 0.3) is 11.8 Å². The zero-order valence-electron chi connectivity index (χ0n) is 24.1. The van der Waals surface area contributed by atoms with Crippen molar-refractivity contribution < 1.29 is 37.8 Å². The Hall–Kier alpha value is -4.75. The summed E-state index contributed by atoms with van der Waals surface area (Å²) in [5.41, 5.74) is 2.52. The van der Waals surface area contributed by atoms with Crippen molar-refractivity contribution in [3.63, 3.8) is 0 Å². The molecule has 0 aliphatic carbocycles. The molecule has 1 aliphatic rings. The fourth-order valence-electron chi connectivity index (χ4n) is 5.22. The Labute approximate surface area is 250 Å². The van der Waals surface area contributed by atoms with Crippen molar-refractivity contribution in [3.05, 3.63) is 52.9 Å². The Kier molecular flexibility index (Phi) is 7.95. The van der Waals surface area contributed by atoms with Gasteiger partial charge in [-0.05, 0) is 36.8 Å². The standard InChI is InChI=1S/C29H30ClN5O8/c1-14-23(28(38)41-5)25-24-16(11-30)12-35(27(37)21-9-15-8-17(40-4)6-7-19(15)42-21)18(24)10-20(26(25)32-14)43-29(39)33(2)13-22(36)34(3)31/h6-10,16,32H,11-13,31H2,1-5H3/t16-/m1/s1. The van der Waals surface area contributed by atoms with E-state index < -0.39 is 23.9 Å². The quantitative estimate of drug-likeness (QED) is 0.104. The fraction of sp³-hybridized carbons (Fsp3) is 0.310. The number of fused-ring (bicyclic) bond motifs is 4. The number of anilines is 1. The van der Waals surface area contributed by atoms with Gasteiger partial charge in [-0.25, -0.2) is 15.4 Å². The third-order valence-corrected chi connectivity index (χ3v) is 7.75. The lowest BCUT2D eigenvalue weighted by atomic mass is 9.95. The first kappa shape index (κ1) is 29.7. The maximum Gasteiger partial charge on any atom is 0.415 e. The number of ether oxygens (including phenoxy) is 3. The molecular formula is C29H30ClN5O8. The Bertz CT molecular complexity index is 1780. The second-order valence-electron chi connectivity index (χ2n) is 10.2. The zero-order chi connectivity index (χ0) is 31.2. The number of amides is 3. The molecule has 4 aromatic rings. The maximum absolute atomic E-state index is 13.9. The molecule has 3 N–H and O–H groups in total. The van der Waals surface area contributed by atoms with Gasteiger partial charge in [-0.1, -0.05) is 0 Å². The fourth-order valence-corrected chi connectivity index (χ4v) is 5.47. The summed E-state index contributed by atoms with van der Waals surface area (Å²) >= 11 is 6.42. The highest BCUT2D eigenvalue weighted by atomic mass is 35.5. The van der Waals surface area contributed by atoms with E-state index >= 15 is 0 Å². The van der Waals surface area contributed by atoms with Crippen LogP contribution in [0.2, 0.25) is 0 Å². The van der Waals surface area contributed by atoms with Gasteiger partial charge in [-0.2, -0.15) is 0 Å². The number of esters is 1. The third kappa shape index (κ3) is 5.21. The molecule has 2 aromatic heterocycles. The van der Waals surface area contributed by atoms with Crippen LogP contribution >= 0.6 is 11.6 Å². The van der Waals surface area contributed by atoms with Crippen LogP contribution in [0.1, 0.15) is 38.1 Å². The Morgan fingerprint density at radius 1 is 1.16 bits per heavy atom. The van der Waals surface area contributed by atoms with Gasteiger partial charge in [0.05, 0.1) is 31.0 Å². The lowest BCUT2D eigenvalue weighted by Crippen LogP contribution is -2.43. The predicted octanol–water partition coefficient (Wildman–Crippen LogP) is 3.76. The molecule has 13 nitrogen and oxygen atoms in total. The van der Waals surface area contributed by atoms with Crippen molar-refractivity contribution in [1.82, 2.24) is 14.9 Å². The number of halogens is 1. The molecule has 0 fully saturated rings. The summed E-state index contributed by atoms with van der Waals surface area (Å²) in [6.45, 7) is 1.52. The molecule has 2 aromatic carbocycles. The lowest BCUT2D eigenvalue weighted by molar-refractivity contribution is -0.130. The number of aryl methyl sites for hydroxylation is 1. The highest BCUT2D eigenvalue weighted by molar-refractivity contribution is 6.20. The minimum atomic E-state index is -0.862. The van der Waals surface area contributed by atoms with Crippen molar-refractivity contribution in [2.75, 3.05) is 52.2 Å². The van der Waals surface area contributed by atoms with E-state index in [9.17, 15) is 19.2 Å². The van der Waals surface area contributed by atoms with Crippen LogP contribution in [-0.2, 0) is 9.53 Å². The summed E-state index contributed by atoms with van der Waals surface area (Å²) in [5, 5.41) is 1.95. The lowest BCUT2D eigenvalue weighted by Gasteiger charge is -2.20. The summed E-state index contributed by atoms with van der Waals surface area (Å²) < 4.78 is 22.0. The largest absolute Gasteiger partial charge is 0.497 e. The summed E-state index contributed by atoms with van der Waals surface area (Å²) in [4.78, 5) is 57.7.